The summed E-state index contributed by atoms with van der Waals surface area (Å²) in [5.74, 6) is -0.620. The Morgan fingerprint density at radius 1 is 1.43 bits per heavy atom. The molecule has 0 saturated carbocycles. The van der Waals surface area contributed by atoms with Gasteiger partial charge in [-0.1, -0.05) is 25.1 Å². The first-order valence-electron chi connectivity index (χ1n) is 7.27. The second kappa shape index (κ2) is 6.18. The topological polar surface area (TPSA) is 95.0 Å². The van der Waals surface area contributed by atoms with Gasteiger partial charge in [0, 0.05) is 0 Å². The summed E-state index contributed by atoms with van der Waals surface area (Å²) in [6.45, 7) is 5.67. The molecule has 1 N–H and O–H groups in total. The molecule has 7 nitrogen and oxygen atoms in total. The van der Waals surface area contributed by atoms with E-state index < -0.39 is 26.5 Å². The van der Waals surface area contributed by atoms with E-state index in [0.29, 0.717) is 13.0 Å². The van der Waals surface area contributed by atoms with Gasteiger partial charge in [-0.05, 0) is 32.4 Å². The monoisotopic (exact) mass is 338 g/mol. The van der Waals surface area contributed by atoms with E-state index in [1.165, 1.54) is 17.0 Å². The second-order valence-corrected chi connectivity index (χ2v) is 7.60. The highest BCUT2D eigenvalue weighted by Gasteiger charge is 2.48. The summed E-state index contributed by atoms with van der Waals surface area (Å²) < 4.78 is 30.9. The van der Waals surface area contributed by atoms with Crippen molar-refractivity contribution in [1.82, 2.24) is 4.90 Å². The summed E-state index contributed by atoms with van der Waals surface area (Å²) >= 11 is 0. The highest BCUT2D eigenvalue weighted by atomic mass is 32.2. The molecule has 1 fully saturated rings. The summed E-state index contributed by atoms with van der Waals surface area (Å²) in [6.07, 6.45) is 0.636. The molecular formula is C15H20N3O4S+. The Morgan fingerprint density at radius 3 is 2.57 bits per heavy atom. The van der Waals surface area contributed by atoms with E-state index in [-0.39, 0.29) is 10.9 Å². The smallest absolute Gasteiger partial charge is 0.488 e. The number of rotatable bonds is 4. The second-order valence-electron chi connectivity index (χ2n) is 5.74. The fourth-order valence-electron chi connectivity index (χ4n) is 2.65. The maximum atomic E-state index is 12.6. The minimum Gasteiger partial charge on any atom is -0.488 e. The molecule has 124 valence electrons. The van der Waals surface area contributed by atoms with Gasteiger partial charge in [-0.3, -0.25) is 0 Å². The van der Waals surface area contributed by atoms with Gasteiger partial charge in [-0.2, -0.15) is 0 Å². The van der Waals surface area contributed by atoms with Gasteiger partial charge in [0.15, 0.2) is 4.98 Å². The van der Waals surface area contributed by atoms with Crippen molar-refractivity contribution in [2.75, 3.05) is 6.61 Å². The molecule has 1 aliphatic rings. The van der Waals surface area contributed by atoms with Crippen molar-refractivity contribution >= 4 is 9.84 Å². The molecule has 1 aromatic carbocycles. The van der Waals surface area contributed by atoms with Gasteiger partial charge in [0.1, 0.15) is 5.72 Å². The zero-order valence-corrected chi connectivity index (χ0v) is 14.1. The van der Waals surface area contributed by atoms with Crippen molar-refractivity contribution in [3.63, 3.8) is 0 Å². The fraction of sp³-hybridized carbons (Fsp3) is 0.467. The van der Waals surface area contributed by atoms with Crippen LogP contribution >= 0.6 is 0 Å². The standard InChI is InChI=1S/C15H19N3O4S/c1-4-11-10-22-15(2,3)18(11)14(19)13(17-16)23(20,21)12-8-6-5-7-9-12/h5-9,11H,4,10H2,1-3H3/p+1/b14-13-. The zero-order chi connectivity index (χ0) is 17.3. The van der Waals surface area contributed by atoms with Gasteiger partial charge in [-0.15, -0.1) is 0 Å². The molecule has 1 heterocycles. The lowest BCUT2D eigenvalue weighted by atomic mass is 10.2. The van der Waals surface area contributed by atoms with Crippen LogP contribution in [0.25, 0.3) is 4.98 Å². The van der Waals surface area contributed by atoms with Gasteiger partial charge < -0.3 is 14.7 Å². The number of aliphatic hydroxyl groups is 1. The van der Waals surface area contributed by atoms with Gasteiger partial charge in [-0.25, -0.2) is 8.42 Å². The predicted molar refractivity (Wildman–Crippen MR) is 84.3 cm³/mol. The van der Waals surface area contributed by atoms with Crippen molar-refractivity contribution in [3.8, 4) is 0 Å². The molecule has 0 aliphatic carbocycles. The normalized spacial score (nSPS) is 21.7. The van der Waals surface area contributed by atoms with Gasteiger partial charge in [0.2, 0.25) is 5.39 Å². The van der Waals surface area contributed by atoms with Crippen LogP contribution < -0.4 is 0 Å². The number of sulfone groups is 1. The highest BCUT2D eigenvalue weighted by Crippen LogP contribution is 2.35. The lowest BCUT2D eigenvalue weighted by Gasteiger charge is -2.32. The molecule has 0 spiro atoms. The Labute approximate surface area is 135 Å². The molecule has 8 heteroatoms. The molecule has 1 aliphatic heterocycles. The minimum absolute atomic E-state index is 0.0645. The van der Waals surface area contributed by atoms with Crippen LogP contribution in [-0.4, -0.2) is 36.8 Å². The summed E-state index contributed by atoms with van der Waals surface area (Å²) in [7, 11) is -4.15. The van der Waals surface area contributed by atoms with Crippen LogP contribution in [0.1, 0.15) is 27.2 Å². The molecule has 23 heavy (non-hydrogen) atoms. The van der Waals surface area contributed by atoms with E-state index in [0.717, 1.165) is 0 Å². The first kappa shape index (κ1) is 17.2. The van der Waals surface area contributed by atoms with Crippen LogP contribution in [-0.2, 0) is 14.6 Å². The van der Waals surface area contributed by atoms with Gasteiger partial charge in [0.25, 0.3) is 9.84 Å². The van der Waals surface area contributed by atoms with Crippen molar-refractivity contribution in [3.05, 3.63) is 46.2 Å². The van der Waals surface area contributed by atoms with Gasteiger partial charge >= 0.3 is 10.9 Å². The molecule has 1 aromatic rings. The van der Waals surface area contributed by atoms with Crippen LogP contribution in [0.4, 0.5) is 0 Å². The quantitative estimate of drug-likeness (QED) is 0.670. The number of benzene rings is 1. The van der Waals surface area contributed by atoms with E-state index >= 15 is 0 Å². The molecule has 1 unspecified atom stereocenters. The van der Waals surface area contributed by atoms with Gasteiger partial charge in [0.05, 0.1) is 17.5 Å². The molecule has 0 amide bonds. The third kappa shape index (κ3) is 3.02. The van der Waals surface area contributed by atoms with Crippen molar-refractivity contribution in [2.45, 2.75) is 43.9 Å². The van der Waals surface area contributed by atoms with E-state index in [1.54, 1.807) is 32.0 Å². The number of diazo groups is 1. The Kier molecular flexibility index (Phi) is 4.63. The number of hydrogen-bond acceptors (Lipinski definition) is 6. The number of hydrogen-bond donors (Lipinski definition) is 1. The van der Waals surface area contributed by atoms with Crippen LogP contribution in [0.5, 0.6) is 0 Å². The summed E-state index contributed by atoms with van der Waals surface area (Å²) in [5, 5.41) is 19.0. The lowest BCUT2D eigenvalue weighted by molar-refractivity contribution is -0.0557. The molecule has 0 aromatic heterocycles. The van der Waals surface area contributed by atoms with Crippen molar-refractivity contribution in [1.29, 1.82) is 5.39 Å². The van der Waals surface area contributed by atoms with E-state index in [4.69, 9.17) is 4.74 Å². The minimum atomic E-state index is -4.15. The molecule has 1 saturated heterocycles. The maximum Gasteiger partial charge on any atom is 0.537 e. The molecule has 0 radical (unpaired) electrons. The van der Waals surface area contributed by atoms with Crippen LogP contribution in [0.15, 0.2) is 46.1 Å². The number of ether oxygens (including phenoxy) is 1. The molecule has 0 bridgehead atoms. The van der Waals surface area contributed by atoms with E-state index in [1.807, 2.05) is 6.92 Å². The highest BCUT2D eigenvalue weighted by molar-refractivity contribution is 7.95. The Balaban J connectivity index is 2.59. The third-order valence-corrected chi connectivity index (χ3v) is 5.53. The van der Waals surface area contributed by atoms with Crippen LogP contribution in [0.3, 0.4) is 0 Å². The molecular weight excluding hydrogens is 318 g/mol. The Hall–Kier alpha value is -2.11. The van der Waals surface area contributed by atoms with E-state index in [9.17, 15) is 18.9 Å². The molecule has 1 atom stereocenters. The van der Waals surface area contributed by atoms with Crippen LogP contribution in [0.2, 0.25) is 0 Å². The average Bonchev–Trinajstić information content (AvgIpc) is 2.83. The lowest BCUT2D eigenvalue weighted by Crippen LogP contribution is -2.43. The molecule has 2 rings (SSSR count). The zero-order valence-electron chi connectivity index (χ0n) is 13.3. The number of aliphatic hydroxyl groups excluding tert-OH is 1. The SMILES string of the molecule is CCC1COC(C)(C)N1/C(O)=C(\[N+]#N)S(=O)(=O)c1ccccc1. The fourth-order valence-corrected chi connectivity index (χ4v) is 3.83. The largest absolute Gasteiger partial charge is 0.537 e. The predicted octanol–water partition coefficient (Wildman–Crippen LogP) is 2.84. The Bertz CT molecular complexity index is 751. The average molecular weight is 338 g/mol. The first-order chi connectivity index (χ1) is 10.8. The first-order valence-corrected chi connectivity index (χ1v) is 8.75. The third-order valence-electron chi connectivity index (χ3n) is 3.86. The van der Waals surface area contributed by atoms with Crippen molar-refractivity contribution < 1.29 is 18.3 Å². The maximum absolute atomic E-state index is 12.6. The summed E-state index contributed by atoms with van der Waals surface area (Å²) in [5.41, 5.74) is -0.910. The van der Waals surface area contributed by atoms with Crippen LogP contribution in [0, 0.1) is 5.39 Å². The summed E-state index contributed by atoms with van der Waals surface area (Å²) in [4.78, 5) is 4.23. The Morgan fingerprint density at radius 2 is 2.04 bits per heavy atom. The number of nitrogens with zero attached hydrogens (tertiary/aromatic N) is 3. The summed E-state index contributed by atoms with van der Waals surface area (Å²) in [6, 6.07) is 7.30. The van der Waals surface area contributed by atoms with E-state index in [2.05, 4.69) is 4.98 Å². The van der Waals surface area contributed by atoms with Crippen molar-refractivity contribution in [2.24, 2.45) is 0 Å².